The third-order valence-corrected chi connectivity index (χ3v) is 4.00. The van der Waals surface area contributed by atoms with Crippen molar-refractivity contribution in [2.45, 2.75) is 20.8 Å². The zero-order valence-electron chi connectivity index (χ0n) is 13.0. The molecule has 21 heavy (non-hydrogen) atoms. The number of hydrogen-bond donors (Lipinski definition) is 0. The van der Waals surface area contributed by atoms with Crippen molar-refractivity contribution in [2.24, 2.45) is 0 Å². The Morgan fingerprint density at radius 3 is 2.19 bits per heavy atom. The molecule has 0 heterocycles. The summed E-state index contributed by atoms with van der Waals surface area (Å²) >= 11 is 3.45. The van der Waals surface area contributed by atoms with Gasteiger partial charge in [-0.1, -0.05) is 15.9 Å². The fourth-order valence-corrected chi connectivity index (χ4v) is 2.16. The second-order valence-corrected chi connectivity index (χ2v) is 5.50. The van der Waals surface area contributed by atoms with Crippen molar-refractivity contribution in [3.8, 4) is 0 Å². The number of carbonyl (C=O) groups excluding carboxylic acids is 1. The van der Waals surface area contributed by atoms with E-state index in [9.17, 15) is 4.79 Å². The first-order valence-corrected chi connectivity index (χ1v) is 8.10. The van der Waals surface area contributed by atoms with Crippen LogP contribution < -0.4 is 0 Å². The van der Waals surface area contributed by atoms with Gasteiger partial charge in [-0.25, -0.2) is 0 Å². The molecule has 1 amide bonds. The Balaban J connectivity index is 2.73. The van der Waals surface area contributed by atoms with Crippen molar-refractivity contribution in [1.29, 1.82) is 0 Å². The van der Waals surface area contributed by atoms with Gasteiger partial charge in [-0.2, -0.15) is 0 Å². The van der Waals surface area contributed by atoms with Crippen LogP contribution in [0.25, 0.3) is 0 Å². The van der Waals surface area contributed by atoms with Gasteiger partial charge in [-0.3, -0.25) is 4.79 Å². The van der Waals surface area contributed by atoms with Crippen LogP contribution in [-0.2, 0) is 9.47 Å². The number of ether oxygens (including phenoxy) is 2. The summed E-state index contributed by atoms with van der Waals surface area (Å²) in [6.45, 7) is 9.44. The van der Waals surface area contributed by atoms with Crippen LogP contribution in [0.5, 0.6) is 0 Å². The van der Waals surface area contributed by atoms with Crippen LogP contribution in [0.4, 0.5) is 0 Å². The predicted molar refractivity (Wildman–Crippen MR) is 87.8 cm³/mol. The van der Waals surface area contributed by atoms with Crippen molar-refractivity contribution in [3.05, 3.63) is 33.8 Å². The summed E-state index contributed by atoms with van der Waals surface area (Å²) < 4.78 is 11.7. The molecule has 0 aliphatic carbocycles. The van der Waals surface area contributed by atoms with Crippen molar-refractivity contribution < 1.29 is 14.3 Å². The van der Waals surface area contributed by atoms with E-state index in [-0.39, 0.29) is 5.91 Å². The number of carbonyl (C=O) groups is 1. The molecule has 4 nitrogen and oxygen atoms in total. The molecule has 0 spiro atoms. The minimum absolute atomic E-state index is 0.0185. The van der Waals surface area contributed by atoms with E-state index in [2.05, 4.69) is 15.9 Å². The predicted octanol–water partition coefficient (Wildman–Crippen LogP) is 3.27. The molecule has 0 atom stereocenters. The molecule has 1 aromatic rings. The number of rotatable bonds is 9. The smallest absolute Gasteiger partial charge is 0.254 e. The molecule has 0 N–H and O–H groups in total. The summed E-state index contributed by atoms with van der Waals surface area (Å²) in [5, 5.41) is 0. The highest BCUT2D eigenvalue weighted by Crippen LogP contribution is 2.18. The highest BCUT2D eigenvalue weighted by molar-refractivity contribution is 9.10. The Morgan fingerprint density at radius 1 is 1.14 bits per heavy atom. The molecule has 0 aromatic heterocycles. The molecule has 0 saturated heterocycles. The van der Waals surface area contributed by atoms with Gasteiger partial charge in [-0.05, 0) is 44.5 Å². The van der Waals surface area contributed by atoms with Crippen LogP contribution >= 0.6 is 15.9 Å². The van der Waals surface area contributed by atoms with Crippen LogP contribution in [0, 0.1) is 6.92 Å². The van der Waals surface area contributed by atoms with Gasteiger partial charge in [0.05, 0.1) is 13.2 Å². The SMILES string of the molecule is CCOCCN(CCOCC)C(=O)c1ccc(Br)c(C)c1. The van der Waals surface area contributed by atoms with E-state index in [0.717, 1.165) is 10.0 Å². The topological polar surface area (TPSA) is 38.8 Å². The molecule has 0 saturated carbocycles. The van der Waals surface area contributed by atoms with E-state index >= 15 is 0 Å². The lowest BCUT2D eigenvalue weighted by Gasteiger charge is -2.23. The Labute approximate surface area is 135 Å². The lowest BCUT2D eigenvalue weighted by Crippen LogP contribution is -2.36. The van der Waals surface area contributed by atoms with Crippen LogP contribution in [0.3, 0.4) is 0 Å². The first-order valence-electron chi connectivity index (χ1n) is 7.31. The van der Waals surface area contributed by atoms with Gasteiger partial charge in [0, 0.05) is 36.3 Å². The van der Waals surface area contributed by atoms with E-state index in [4.69, 9.17) is 9.47 Å². The van der Waals surface area contributed by atoms with Gasteiger partial charge >= 0.3 is 0 Å². The maximum absolute atomic E-state index is 12.6. The van der Waals surface area contributed by atoms with Crippen molar-refractivity contribution >= 4 is 21.8 Å². The second-order valence-electron chi connectivity index (χ2n) is 4.65. The molecule has 1 rings (SSSR count). The number of amides is 1. The van der Waals surface area contributed by atoms with Crippen LogP contribution in [0.2, 0.25) is 0 Å². The summed E-state index contributed by atoms with van der Waals surface area (Å²) in [4.78, 5) is 14.4. The molecule has 0 fully saturated rings. The fraction of sp³-hybridized carbons (Fsp3) is 0.562. The molecule has 0 aliphatic heterocycles. The highest BCUT2D eigenvalue weighted by atomic mass is 79.9. The number of nitrogens with zero attached hydrogens (tertiary/aromatic N) is 1. The molecule has 0 bridgehead atoms. The Kier molecular flexibility index (Phi) is 8.57. The molecular weight excluding hydrogens is 334 g/mol. The van der Waals surface area contributed by atoms with Crippen LogP contribution in [0.15, 0.2) is 22.7 Å². The third kappa shape index (κ3) is 6.16. The van der Waals surface area contributed by atoms with Crippen LogP contribution in [0.1, 0.15) is 29.8 Å². The van der Waals surface area contributed by atoms with Crippen LogP contribution in [-0.4, -0.2) is 50.3 Å². The normalized spacial score (nSPS) is 10.7. The average molecular weight is 358 g/mol. The van der Waals surface area contributed by atoms with E-state index in [1.807, 2.05) is 39.0 Å². The first-order chi connectivity index (χ1) is 10.1. The zero-order chi connectivity index (χ0) is 15.7. The van der Waals surface area contributed by atoms with Crippen molar-refractivity contribution in [1.82, 2.24) is 4.90 Å². The largest absolute Gasteiger partial charge is 0.380 e. The third-order valence-electron chi connectivity index (χ3n) is 3.11. The first kappa shape index (κ1) is 18.1. The number of hydrogen-bond acceptors (Lipinski definition) is 3. The van der Waals surface area contributed by atoms with E-state index in [0.29, 0.717) is 45.1 Å². The Bertz CT molecular complexity index is 441. The van der Waals surface area contributed by atoms with E-state index in [1.165, 1.54) is 0 Å². The summed E-state index contributed by atoms with van der Waals surface area (Å²) in [6.07, 6.45) is 0. The maximum Gasteiger partial charge on any atom is 0.254 e. The molecule has 0 unspecified atom stereocenters. The van der Waals surface area contributed by atoms with Gasteiger partial charge in [0.15, 0.2) is 0 Å². The zero-order valence-corrected chi connectivity index (χ0v) is 14.6. The molecule has 0 radical (unpaired) electrons. The van der Waals surface area contributed by atoms with Gasteiger partial charge in [0.2, 0.25) is 0 Å². The summed E-state index contributed by atoms with van der Waals surface area (Å²) in [6, 6.07) is 5.65. The average Bonchev–Trinajstić information content (AvgIpc) is 2.48. The van der Waals surface area contributed by atoms with Crippen molar-refractivity contribution in [3.63, 3.8) is 0 Å². The second kappa shape index (κ2) is 9.92. The Morgan fingerprint density at radius 2 is 1.71 bits per heavy atom. The van der Waals surface area contributed by atoms with Gasteiger partial charge in [-0.15, -0.1) is 0 Å². The van der Waals surface area contributed by atoms with E-state index < -0.39 is 0 Å². The lowest BCUT2D eigenvalue weighted by atomic mass is 10.1. The Hall–Kier alpha value is -0.910. The van der Waals surface area contributed by atoms with Crippen molar-refractivity contribution in [2.75, 3.05) is 39.5 Å². The minimum Gasteiger partial charge on any atom is -0.380 e. The summed E-state index contributed by atoms with van der Waals surface area (Å²) in [5.74, 6) is 0.0185. The van der Waals surface area contributed by atoms with Gasteiger partial charge < -0.3 is 14.4 Å². The number of benzene rings is 1. The standard InChI is InChI=1S/C16H24BrNO3/c1-4-20-10-8-18(9-11-21-5-2)16(19)14-6-7-15(17)13(3)12-14/h6-7,12H,4-5,8-11H2,1-3H3. The fourth-order valence-electron chi connectivity index (χ4n) is 1.91. The quantitative estimate of drug-likeness (QED) is 0.636. The summed E-state index contributed by atoms with van der Waals surface area (Å²) in [5.41, 5.74) is 1.75. The lowest BCUT2D eigenvalue weighted by molar-refractivity contribution is 0.0550. The summed E-state index contributed by atoms with van der Waals surface area (Å²) in [7, 11) is 0. The molecule has 118 valence electrons. The number of halogens is 1. The molecule has 5 heteroatoms. The molecule has 0 aliphatic rings. The monoisotopic (exact) mass is 357 g/mol. The minimum atomic E-state index is 0.0185. The molecule has 1 aromatic carbocycles. The van der Waals surface area contributed by atoms with Gasteiger partial charge in [0.1, 0.15) is 0 Å². The highest BCUT2D eigenvalue weighted by Gasteiger charge is 2.16. The molecular formula is C16H24BrNO3. The van der Waals surface area contributed by atoms with E-state index in [1.54, 1.807) is 4.90 Å². The van der Waals surface area contributed by atoms with Gasteiger partial charge in [0.25, 0.3) is 5.91 Å². The maximum atomic E-state index is 12.6. The number of aryl methyl sites for hydroxylation is 1.